The molecule has 2 aromatic carbocycles. The summed E-state index contributed by atoms with van der Waals surface area (Å²) in [4.78, 5) is 29.4. The van der Waals surface area contributed by atoms with E-state index in [4.69, 9.17) is 18.9 Å². The standard InChI is InChI=1S/C26H26N2O6/c1-17-13-28(26(30)10-6-20-4-8-22-24(12-20)34-16-32-22)18(2)14-27(17)25(29)9-5-19-3-7-21-23(11-19)33-15-31-21/h3-12,17-18H,13-16H2,1-2H3/b9-5+,10-6+/t17-,18+. The van der Waals surface area contributed by atoms with Crippen LogP contribution in [0.25, 0.3) is 12.2 Å². The monoisotopic (exact) mass is 462 g/mol. The lowest BCUT2D eigenvalue weighted by atomic mass is 10.1. The number of hydrogen-bond donors (Lipinski definition) is 0. The van der Waals surface area contributed by atoms with E-state index >= 15 is 0 Å². The van der Waals surface area contributed by atoms with Crippen LogP contribution >= 0.6 is 0 Å². The van der Waals surface area contributed by atoms with Crippen molar-refractivity contribution in [3.05, 3.63) is 59.7 Å². The van der Waals surface area contributed by atoms with Crippen molar-refractivity contribution in [3.8, 4) is 23.0 Å². The molecule has 0 N–H and O–H groups in total. The maximum Gasteiger partial charge on any atom is 0.246 e. The van der Waals surface area contributed by atoms with E-state index in [1.165, 1.54) is 0 Å². The first kappa shape index (κ1) is 21.9. The highest BCUT2D eigenvalue weighted by Crippen LogP contribution is 2.33. The fourth-order valence-corrected chi connectivity index (χ4v) is 4.30. The van der Waals surface area contributed by atoms with Gasteiger partial charge in [0.25, 0.3) is 0 Å². The Hall–Kier alpha value is -3.94. The second-order valence-electron chi connectivity index (χ2n) is 8.57. The quantitative estimate of drug-likeness (QED) is 0.649. The molecule has 0 unspecified atom stereocenters. The third-order valence-corrected chi connectivity index (χ3v) is 6.18. The van der Waals surface area contributed by atoms with E-state index in [9.17, 15) is 9.59 Å². The summed E-state index contributed by atoms with van der Waals surface area (Å²) in [5, 5.41) is 0. The smallest absolute Gasteiger partial charge is 0.246 e. The van der Waals surface area contributed by atoms with Crippen LogP contribution in [0.2, 0.25) is 0 Å². The summed E-state index contributed by atoms with van der Waals surface area (Å²) in [6.45, 7) is 5.28. The molecule has 5 rings (SSSR count). The summed E-state index contributed by atoms with van der Waals surface area (Å²) in [6.07, 6.45) is 6.68. The summed E-state index contributed by atoms with van der Waals surface area (Å²) in [7, 11) is 0. The van der Waals surface area contributed by atoms with Gasteiger partial charge < -0.3 is 28.7 Å². The molecule has 1 fully saturated rings. The van der Waals surface area contributed by atoms with Gasteiger partial charge in [-0.15, -0.1) is 0 Å². The first-order chi connectivity index (χ1) is 16.5. The van der Waals surface area contributed by atoms with Gasteiger partial charge in [0.15, 0.2) is 23.0 Å². The predicted octanol–water partition coefficient (Wildman–Crippen LogP) is 3.32. The van der Waals surface area contributed by atoms with Crippen LogP contribution in [0.4, 0.5) is 0 Å². The Morgan fingerprint density at radius 3 is 1.56 bits per heavy atom. The van der Waals surface area contributed by atoms with Gasteiger partial charge in [0.2, 0.25) is 25.4 Å². The van der Waals surface area contributed by atoms with Crippen LogP contribution in [-0.2, 0) is 9.59 Å². The van der Waals surface area contributed by atoms with E-state index < -0.39 is 0 Å². The van der Waals surface area contributed by atoms with Crippen LogP contribution in [0.1, 0.15) is 25.0 Å². The maximum atomic E-state index is 12.9. The fourth-order valence-electron chi connectivity index (χ4n) is 4.30. The largest absolute Gasteiger partial charge is 0.454 e. The molecule has 0 radical (unpaired) electrons. The fraction of sp³-hybridized carbons (Fsp3) is 0.308. The first-order valence-electron chi connectivity index (χ1n) is 11.2. The normalized spacial score (nSPS) is 21.0. The summed E-state index contributed by atoms with van der Waals surface area (Å²) in [6, 6.07) is 10.9. The summed E-state index contributed by atoms with van der Waals surface area (Å²) in [5.74, 6) is 2.61. The van der Waals surface area contributed by atoms with Gasteiger partial charge in [-0.2, -0.15) is 0 Å². The molecule has 3 aliphatic heterocycles. The third kappa shape index (κ3) is 4.44. The molecule has 2 atom stereocenters. The lowest BCUT2D eigenvalue weighted by molar-refractivity contribution is -0.139. The molecular weight excluding hydrogens is 436 g/mol. The molecule has 3 aliphatic rings. The number of carbonyl (C=O) groups is 2. The van der Waals surface area contributed by atoms with Gasteiger partial charge >= 0.3 is 0 Å². The first-order valence-corrected chi connectivity index (χ1v) is 11.2. The van der Waals surface area contributed by atoms with Crippen molar-refractivity contribution in [3.63, 3.8) is 0 Å². The molecule has 0 aliphatic carbocycles. The zero-order chi connectivity index (χ0) is 23.7. The average Bonchev–Trinajstić information content (AvgIpc) is 3.50. The molecule has 2 aromatic rings. The van der Waals surface area contributed by atoms with Gasteiger partial charge in [0.1, 0.15) is 0 Å². The number of benzene rings is 2. The Morgan fingerprint density at radius 1 is 0.706 bits per heavy atom. The molecular formula is C26H26N2O6. The number of hydrogen-bond acceptors (Lipinski definition) is 6. The van der Waals surface area contributed by atoms with Gasteiger partial charge in [-0.3, -0.25) is 9.59 Å². The minimum absolute atomic E-state index is 0.0833. The molecule has 176 valence electrons. The number of rotatable bonds is 4. The number of fused-ring (bicyclic) bond motifs is 2. The Labute approximate surface area is 197 Å². The molecule has 0 aromatic heterocycles. The number of amides is 2. The van der Waals surface area contributed by atoms with Gasteiger partial charge in [-0.25, -0.2) is 0 Å². The zero-order valence-corrected chi connectivity index (χ0v) is 19.1. The van der Waals surface area contributed by atoms with Crippen molar-refractivity contribution in [2.45, 2.75) is 25.9 Å². The van der Waals surface area contributed by atoms with E-state index in [0.29, 0.717) is 36.1 Å². The molecule has 0 spiro atoms. The summed E-state index contributed by atoms with van der Waals surface area (Å²) >= 11 is 0. The van der Waals surface area contributed by atoms with Crippen molar-refractivity contribution >= 4 is 24.0 Å². The number of ether oxygens (including phenoxy) is 4. The lowest BCUT2D eigenvalue weighted by Crippen LogP contribution is -2.59. The zero-order valence-electron chi connectivity index (χ0n) is 19.1. The highest BCUT2D eigenvalue weighted by molar-refractivity contribution is 5.94. The van der Waals surface area contributed by atoms with Crippen molar-refractivity contribution in [1.82, 2.24) is 9.80 Å². The van der Waals surface area contributed by atoms with Crippen molar-refractivity contribution < 1.29 is 28.5 Å². The summed E-state index contributed by atoms with van der Waals surface area (Å²) in [5.41, 5.74) is 1.72. The highest BCUT2D eigenvalue weighted by atomic mass is 16.7. The maximum absolute atomic E-state index is 12.9. The van der Waals surface area contributed by atoms with Crippen LogP contribution in [-0.4, -0.2) is 60.4 Å². The number of piperazine rings is 1. The van der Waals surface area contributed by atoms with Crippen LogP contribution in [0.3, 0.4) is 0 Å². The van der Waals surface area contributed by atoms with Crippen molar-refractivity contribution in [2.75, 3.05) is 26.7 Å². The molecule has 3 heterocycles. The Morgan fingerprint density at radius 2 is 1.12 bits per heavy atom. The van der Waals surface area contributed by atoms with Gasteiger partial charge in [0.05, 0.1) is 0 Å². The molecule has 0 bridgehead atoms. The topological polar surface area (TPSA) is 77.5 Å². The van der Waals surface area contributed by atoms with Crippen LogP contribution < -0.4 is 18.9 Å². The average molecular weight is 463 g/mol. The molecule has 2 amide bonds. The Bertz CT molecular complexity index is 1080. The summed E-state index contributed by atoms with van der Waals surface area (Å²) < 4.78 is 21.4. The molecule has 34 heavy (non-hydrogen) atoms. The number of carbonyl (C=O) groups excluding carboxylic acids is 2. The van der Waals surface area contributed by atoms with Crippen LogP contribution in [0, 0.1) is 0 Å². The molecule has 1 saturated heterocycles. The van der Waals surface area contributed by atoms with E-state index in [1.54, 1.807) is 34.1 Å². The van der Waals surface area contributed by atoms with Crippen LogP contribution in [0.15, 0.2) is 48.6 Å². The van der Waals surface area contributed by atoms with E-state index in [2.05, 4.69) is 0 Å². The predicted molar refractivity (Wildman–Crippen MR) is 126 cm³/mol. The third-order valence-electron chi connectivity index (χ3n) is 6.18. The molecule has 8 heteroatoms. The highest BCUT2D eigenvalue weighted by Gasteiger charge is 2.32. The Kier molecular flexibility index (Phi) is 5.88. The second kappa shape index (κ2) is 9.13. The lowest BCUT2D eigenvalue weighted by Gasteiger charge is -2.43. The van der Waals surface area contributed by atoms with Gasteiger partial charge in [0, 0.05) is 37.3 Å². The van der Waals surface area contributed by atoms with E-state index in [-0.39, 0.29) is 37.5 Å². The minimum atomic E-state index is -0.104. The molecule has 8 nitrogen and oxygen atoms in total. The number of nitrogens with zero attached hydrogens (tertiary/aromatic N) is 2. The second-order valence-corrected chi connectivity index (χ2v) is 8.57. The molecule has 0 saturated carbocycles. The van der Waals surface area contributed by atoms with Gasteiger partial charge in [-0.05, 0) is 61.4 Å². The SMILES string of the molecule is C[C@@H]1CN(C(=O)/C=C/c2ccc3c(c2)OCO3)[C@@H](C)CN1C(=O)/C=C/c1ccc2c(c1)OCO2. The van der Waals surface area contributed by atoms with Crippen molar-refractivity contribution in [1.29, 1.82) is 0 Å². The van der Waals surface area contributed by atoms with Crippen LogP contribution in [0.5, 0.6) is 23.0 Å². The minimum Gasteiger partial charge on any atom is -0.454 e. The van der Waals surface area contributed by atoms with Gasteiger partial charge in [-0.1, -0.05) is 12.1 Å². The Balaban J connectivity index is 1.20. The van der Waals surface area contributed by atoms with E-state index in [0.717, 1.165) is 11.1 Å². The van der Waals surface area contributed by atoms with Crippen molar-refractivity contribution in [2.24, 2.45) is 0 Å². The van der Waals surface area contributed by atoms with E-state index in [1.807, 2.05) is 50.2 Å².